The SMILES string of the molecule is Cl.O=C(Nc1nccn1Cc1ccc(Br)cc1)C1CC12CCNCC2. The van der Waals surface area contributed by atoms with Gasteiger partial charge in [0.2, 0.25) is 11.9 Å². The summed E-state index contributed by atoms with van der Waals surface area (Å²) < 4.78 is 3.05. The van der Waals surface area contributed by atoms with Crippen LogP contribution in [0.25, 0.3) is 0 Å². The molecule has 2 N–H and O–H groups in total. The lowest BCUT2D eigenvalue weighted by Gasteiger charge is -2.23. The van der Waals surface area contributed by atoms with Gasteiger partial charge in [0.1, 0.15) is 0 Å². The van der Waals surface area contributed by atoms with E-state index in [9.17, 15) is 4.79 Å². The quantitative estimate of drug-likeness (QED) is 0.789. The molecule has 2 fully saturated rings. The van der Waals surface area contributed by atoms with Crippen molar-refractivity contribution in [3.8, 4) is 0 Å². The molecule has 0 radical (unpaired) electrons. The maximum absolute atomic E-state index is 12.6. The highest BCUT2D eigenvalue weighted by Gasteiger charge is 2.57. The third kappa shape index (κ3) is 3.91. The minimum Gasteiger partial charge on any atom is -0.317 e. The number of aromatic nitrogens is 2. The lowest BCUT2D eigenvalue weighted by atomic mass is 9.92. The van der Waals surface area contributed by atoms with Crippen LogP contribution in [0, 0.1) is 11.3 Å². The Morgan fingerprint density at radius 2 is 2.04 bits per heavy atom. The molecule has 5 nitrogen and oxygen atoms in total. The molecule has 1 aliphatic heterocycles. The number of imidazole rings is 1. The number of hydrogen-bond donors (Lipinski definition) is 2. The van der Waals surface area contributed by atoms with Crippen molar-refractivity contribution in [2.45, 2.75) is 25.8 Å². The third-order valence-electron chi connectivity index (χ3n) is 5.32. The van der Waals surface area contributed by atoms with Crippen molar-refractivity contribution in [3.63, 3.8) is 0 Å². The van der Waals surface area contributed by atoms with Crippen molar-refractivity contribution in [1.82, 2.24) is 14.9 Å². The smallest absolute Gasteiger partial charge is 0.230 e. The van der Waals surface area contributed by atoms with Gasteiger partial charge in [0.15, 0.2) is 0 Å². The summed E-state index contributed by atoms with van der Waals surface area (Å²) in [6.07, 6.45) is 6.89. The lowest BCUT2D eigenvalue weighted by Crippen LogP contribution is -2.32. The van der Waals surface area contributed by atoms with Crippen LogP contribution in [0.1, 0.15) is 24.8 Å². The number of hydrogen-bond acceptors (Lipinski definition) is 3. The fourth-order valence-electron chi connectivity index (χ4n) is 3.74. The molecule has 1 spiro atoms. The molecule has 4 rings (SSSR count). The number of carbonyl (C=O) groups excluding carboxylic acids is 1. The molecule has 1 unspecified atom stereocenters. The largest absolute Gasteiger partial charge is 0.317 e. The second-order valence-electron chi connectivity index (χ2n) is 6.86. The minimum absolute atomic E-state index is 0. The molecule has 2 heterocycles. The van der Waals surface area contributed by atoms with Crippen molar-refractivity contribution < 1.29 is 4.79 Å². The summed E-state index contributed by atoms with van der Waals surface area (Å²) in [4.78, 5) is 16.9. The van der Waals surface area contributed by atoms with E-state index in [0.29, 0.717) is 12.5 Å². The second-order valence-corrected chi connectivity index (χ2v) is 7.78. The molecular formula is C18H22BrClN4O. The van der Waals surface area contributed by atoms with Crippen LogP contribution >= 0.6 is 28.3 Å². The molecule has 1 atom stereocenters. The second kappa shape index (κ2) is 7.48. The monoisotopic (exact) mass is 424 g/mol. The van der Waals surface area contributed by atoms with Crippen molar-refractivity contribution in [1.29, 1.82) is 0 Å². The number of anilines is 1. The van der Waals surface area contributed by atoms with Gasteiger partial charge in [-0.1, -0.05) is 28.1 Å². The van der Waals surface area contributed by atoms with E-state index in [0.717, 1.165) is 36.8 Å². The first kappa shape index (κ1) is 18.4. The number of amides is 1. The number of halogens is 2. The summed E-state index contributed by atoms with van der Waals surface area (Å²) >= 11 is 3.45. The molecule has 1 aromatic heterocycles. The summed E-state index contributed by atoms with van der Waals surface area (Å²) in [5, 5.41) is 6.41. The molecule has 7 heteroatoms. The van der Waals surface area contributed by atoms with E-state index in [1.807, 2.05) is 22.9 Å². The molecule has 1 saturated heterocycles. The summed E-state index contributed by atoms with van der Waals surface area (Å²) in [7, 11) is 0. The minimum atomic E-state index is 0. The zero-order valence-electron chi connectivity index (χ0n) is 13.9. The van der Waals surface area contributed by atoms with Crippen LogP contribution in [-0.2, 0) is 11.3 Å². The normalized spacial score (nSPS) is 20.8. The van der Waals surface area contributed by atoms with Gasteiger partial charge in [-0.15, -0.1) is 12.4 Å². The number of benzene rings is 1. The highest BCUT2D eigenvalue weighted by Crippen LogP contribution is 2.58. The maximum Gasteiger partial charge on any atom is 0.230 e. The van der Waals surface area contributed by atoms with E-state index < -0.39 is 0 Å². The Labute approximate surface area is 162 Å². The fourth-order valence-corrected chi connectivity index (χ4v) is 4.00. The average Bonchev–Trinajstić information content (AvgIpc) is 3.10. The molecule has 1 saturated carbocycles. The van der Waals surface area contributed by atoms with E-state index in [4.69, 9.17) is 0 Å². The Hall–Kier alpha value is -1.37. The zero-order valence-corrected chi connectivity index (χ0v) is 16.3. The predicted molar refractivity (Wildman–Crippen MR) is 104 cm³/mol. The highest BCUT2D eigenvalue weighted by molar-refractivity contribution is 9.10. The Kier molecular flexibility index (Phi) is 5.51. The molecule has 1 aromatic carbocycles. The summed E-state index contributed by atoms with van der Waals surface area (Å²) in [6.45, 7) is 2.76. The van der Waals surface area contributed by atoms with E-state index in [1.165, 1.54) is 5.56 Å². The number of rotatable bonds is 4. The fraction of sp³-hybridized carbons (Fsp3) is 0.444. The van der Waals surface area contributed by atoms with Crippen molar-refractivity contribution in [2.24, 2.45) is 11.3 Å². The van der Waals surface area contributed by atoms with Crippen LogP contribution in [0.4, 0.5) is 5.95 Å². The topological polar surface area (TPSA) is 59.0 Å². The molecule has 1 amide bonds. The van der Waals surface area contributed by atoms with E-state index in [1.54, 1.807) is 6.20 Å². The average molecular weight is 426 g/mol. The Bertz CT molecular complexity index is 740. The molecule has 2 aromatic rings. The van der Waals surface area contributed by atoms with Gasteiger partial charge in [-0.2, -0.15) is 0 Å². The number of piperidine rings is 1. The van der Waals surface area contributed by atoms with Gasteiger partial charge >= 0.3 is 0 Å². The van der Waals surface area contributed by atoms with Crippen LogP contribution in [0.5, 0.6) is 0 Å². The Morgan fingerprint density at radius 3 is 2.76 bits per heavy atom. The third-order valence-corrected chi connectivity index (χ3v) is 5.85. The van der Waals surface area contributed by atoms with Gasteiger partial charge in [0, 0.05) is 22.8 Å². The number of nitrogens with one attached hydrogen (secondary N) is 2. The first-order valence-electron chi connectivity index (χ1n) is 8.43. The van der Waals surface area contributed by atoms with Crippen LogP contribution in [-0.4, -0.2) is 28.5 Å². The molecule has 1 aliphatic carbocycles. The molecule has 134 valence electrons. The molecule has 0 bridgehead atoms. The maximum atomic E-state index is 12.6. The number of nitrogens with zero attached hydrogens (tertiary/aromatic N) is 2. The van der Waals surface area contributed by atoms with E-state index in [2.05, 4.69) is 43.7 Å². The Morgan fingerprint density at radius 1 is 1.32 bits per heavy atom. The predicted octanol–water partition coefficient (Wildman–Crippen LogP) is 3.44. The standard InChI is InChI=1S/C18H21BrN4O.ClH/c19-14-3-1-13(2-4-14)12-23-10-9-21-17(23)22-16(24)15-11-18(15)5-7-20-8-6-18;/h1-4,9-10,15,20H,5-8,11-12H2,(H,21,22,24);1H. The summed E-state index contributed by atoms with van der Waals surface area (Å²) in [6, 6.07) is 8.19. The van der Waals surface area contributed by atoms with Gasteiger partial charge < -0.3 is 9.88 Å². The van der Waals surface area contributed by atoms with E-state index >= 15 is 0 Å². The van der Waals surface area contributed by atoms with Crippen molar-refractivity contribution >= 4 is 40.2 Å². The van der Waals surface area contributed by atoms with Crippen molar-refractivity contribution in [3.05, 3.63) is 46.7 Å². The van der Waals surface area contributed by atoms with Gasteiger partial charge in [-0.05, 0) is 55.5 Å². The zero-order chi connectivity index (χ0) is 16.6. The summed E-state index contributed by atoms with van der Waals surface area (Å²) in [5.74, 6) is 0.913. The molecule has 2 aliphatic rings. The van der Waals surface area contributed by atoms with Crippen LogP contribution in [0.3, 0.4) is 0 Å². The molecule has 25 heavy (non-hydrogen) atoms. The number of carbonyl (C=O) groups is 1. The van der Waals surface area contributed by atoms with Gasteiger partial charge in [0.25, 0.3) is 0 Å². The van der Waals surface area contributed by atoms with Crippen molar-refractivity contribution in [2.75, 3.05) is 18.4 Å². The van der Waals surface area contributed by atoms with Crippen LogP contribution in [0.15, 0.2) is 41.1 Å². The van der Waals surface area contributed by atoms with E-state index in [-0.39, 0.29) is 29.6 Å². The Balaban J connectivity index is 0.00000182. The summed E-state index contributed by atoms with van der Waals surface area (Å²) in [5.41, 5.74) is 1.42. The van der Waals surface area contributed by atoms with Crippen LogP contribution in [0.2, 0.25) is 0 Å². The first-order chi connectivity index (χ1) is 11.7. The van der Waals surface area contributed by atoms with Gasteiger partial charge in [-0.25, -0.2) is 4.98 Å². The van der Waals surface area contributed by atoms with Gasteiger partial charge in [0.05, 0.1) is 6.54 Å². The lowest BCUT2D eigenvalue weighted by molar-refractivity contribution is -0.118. The van der Waals surface area contributed by atoms with Crippen LogP contribution < -0.4 is 10.6 Å². The first-order valence-corrected chi connectivity index (χ1v) is 9.23. The van der Waals surface area contributed by atoms with Gasteiger partial charge in [-0.3, -0.25) is 10.1 Å². The highest BCUT2D eigenvalue weighted by atomic mass is 79.9. The molecular weight excluding hydrogens is 404 g/mol.